The third-order valence-electron chi connectivity index (χ3n) is 4.17. The summed E-state index contributed by atoms with van der Waals surface area (Å²) in [6.07, 6.45) is 2.63. The van der Waals surface area contributed by atoms with Gasteiger partial charge in [-0.3, -0.25) is 4.79 Å². The predicted molar refractivity (Wildman–Crippen MR) is 88.2 cm³/mol. The van der Waals surface area contributed by atoms with E-state index in [4.69, 9.17) is 0 Å². The van der Waals surface area contributed by atoms with Crippen molar-refractivity contribution in [3.8, 4) is 0 Å². The van der Waals surface area contributed by atoms with Gasteiger partial charge in [-0.2, -0.15) is 8.75 Å². The highest BCUT2D eigenvalue weighted by molar-refractivity contribution is 6.99. The average molecular weight is 316 g/mol. The van der Waals surface area contributed by atoms with Crippen LogP contribution in [0.3, 0.4) is 0 Å². The molecule has 2 heterocycles. The molecule has 1 fully saturated rings. The average Bonchev–Trinajstić information content (AvgIpc) is 3.11. The van der Waals surface area contributed by atoms with Gasteiger partial charge < -0.3 is 9.80 Å². The minimum Gasteiger partial charge on any atom is -0.351 e. The van der Waals surface area contributed by atoms with Gasteiger partial charge >= 0.3 is 0 Å². The molecule has 116 valence electrons. The van der Waals surface area contributed by atoms with Crippen LogP contribution in [0.15, 0.2) is 36.5 Å². The van der Waals surface area contributed by atoms with Crippen LogP contribution in [-0.4, -0.2) is 45.7 Å². The largest absolute Gasteiger partial charge is 0.351 e. The summed E-state index contributed by atoms with van der Waals surface area (Å²) in [5, 5.41) is 0. The van der Waals surface area contributed by atoms with E-state index >= 15 is 0 Å². The van der Waals surface area contributed by atoms with Crippen molar-refractivity contribution in [2.45, 2.75) is 19.3 Å². The lowest BCUT2D eigenvalue weighted by Crippen LogP contribution is -2.50. The number of amides is 1. The highest BCUT2D eigenvalue weighted by Gasteiger charge is 2.27. The van der Waals surface area contributed by atoms with E-state index in [-0.39, 0.29) is 11.8 Å². The van der Waals surface area contributed by atoms with Crippen molar-refractivity contribution in [1.82, 2.24) is 13.6 Å². The Morgan fingerprint density at radius 2 is 1.95 bits per heavy atom. The van der Waals surface area contributed by atoms with Crippen molar-refractivity contribution in [3.05, 3.63) is 42.1 Å². The van der Waals surface area contributed by atoms with Crippen molar-refractivity contribution < 1.29 is 4.79 Å². The SMILES string of the molecule is CC[C@@H](C(=O)N1CCN(c2cnsn2)CC1)c1ccccc1. The number of benzene rings is 1. The summed E-state index contributed by atoms with van der Waals surface area (Å²) < 4.78 is 8.30. The summed E-state index contributed by atoms with van der Waals surface area (Å²) in [6, 6.07) is 10.1. The molecule has 0 aliphatic carbocycles. The molecule has 3 rings (SSSR count). The fourth-order valence-corrected chi connectivity index (χ4v) is 3.35. The van der Waals surface area contributed by atoms with Gasteiger partial charge in [0.25, 0.3) is 0 Å². The van der Waals surface area contributed by atoms with E-state index in [0.29, 0.717) is 0 Å². The van der Waals surface area contributed by atoms with Crippen LogP contribution < -0.4 is 4.90 Å². The lowest BCUT2D eigenvalue weighted by molar-refractivity contribution is -0.133. The second kappa shape index (κ2) is 6.87. The fraction of sp³-hybridized carbons (Fsp3) is 0.438. The Balaban J connectivity index is 1.64. The normalized spacial score (nSPS) is 16.6. The quantitative estimate of drug-likeness (QED) is 0.869. The molecule has 1 amide bonds. The maximum absolute atomic E-state index is 12.8. The van der Waals surface area contributed by atoms with Crippen molar-refractivity contribution in [2.24, 2.45) is 0 Å². The molecule has 22 heavy (non-hydrogen) atoms. The Hall–Kier alpha value is -1.95. The minimum absolute atomic E-state index is 0.0336. The molecule has 1 atom stereocenters. The number of carbonyl (C=O) groups is 1. The summed E-state index contributed by atoms with van der Waals surface area (Å²) in [5.74, 6) is 1.13. The number of anilines is 1. The third kappa shape index (κ3) is 3.11. The second-order valence-electron chi connectivity index (χ2n) is 5.45. The van der Waals surface area contributed by atoms with Crippen LogP contribution in [0, 0.1) is 0 Å². The van der Waals surface area contributed by atoms with Gasteiger partial charge in [0.15, 0.2) is 5.82 Å². The number of piperazine rings is 1. The summed E-state index contributed by atoms with van der Waals surface area (Å²) in [4.78, 5) is 17.0. The molecular weight excluding hydrogens is 296 g/mol. The van der Waals surface area contributed by atoms with Gasteiger partial charge in [-0.05, 0) is 12.0 Å². The zero-order chi connectivity index (χ0) is 15.4. The molecule has 0 unspecified atom stereocenters. The van der Waals surface area contributed by atoms with Crippen molar-refractivity contribution in [2.75, 3.05) is 31.1 Å². The zero-order valence-electron chi connectivity index (χ0n) is 12.7. The molecule has 6 heteroatoms. The molecular formula is C16H20N4OS. The second-order valence-corrected chi connectivity index (χ2v) is 6.01. The van der Waals surface area contributed by atoms with Gasteiger partial charge in [-0.25, -0.2) is 0 Å². The van der Waals surface area contributed by atoms with E-state index in [9.17, 15) is 4.79 Å². The van der Waals surface area contributed by atoms with E-state index in [1.807, 2.05) is 35.2 Å². The Morgan fingerprint density at radius 1 is 1.23 bits per heavy atom. The van der Waals surface area contributed by atoms with E-state index in [0.717, 1.165) is 44.0 Å². The predicted octanol–water partition coefficient (Wildman–Crippen LogP) is 2.38. The van der Waals surface area contributed by atoms with E-state index in [1.165, 1.54) is 11.7 Å². The van der Waals surface area contributed by atoms with Crippen LogP contribution in [0.5, 0.6) is 0 Å². The first-order valence-corrected chi connectivity index (χ1v) is 8.39. The summed E-state index contributed by atoms with van der Waals surface area (Å²) in [7, 11) is 0. The number of aromatic nitrogens is 2. The number of carbonyl (C=O) groups excluding carboxylic acids is 1. The van der Waals surface area contributed by atoms with Crippen LogP contribution in [0.2, 0.25) is 0 Å². The molecule has 0 radical (unpaired) electrons. The van der Waals surface area contributed by atoms with Crippen LogP contribution in [0.1, 0.15) is 24.8 Å². The highest BCUT2D eigenvalue weighted by atomic mass is 32.1. The maximum Gasteiger partial charge on any atom is 0.230 e. The number of rotatable bonds is 4. The Labute approximate surface area is 134 Å². The fourth-order valence-electron chi connectivity index (χ4n) is 2.91. The number of hydrogen-bond donors (Lipinski definition) is 0. The van der Waals surface area contributed by atoms with Crippen molar-refractivity contribution in [1.29, 1.82) is 0 Å². The monoisotopic (exact) mass is 316 g/mol. The topological polar surface area (TPSA) is 49.3 Å². The molecule has 1 aromatic heterocycles. The highest BCUT2D eigenvalue weighted by Crippen LogP contribution is 2.23. The third-order valence-corrected chi connectivity index (χ3v) is 4.64. The minimum atomic E-state index is -0.0336. The Bertz CT molecular complexity index is 594. The summed E-state index contributed by atoms with van der Waals surface area (Å²) in [5.41, 5.74) is 1.11. The van der Waals surface area contributed by atoms with Crippen LogP contribution in [0.25, 0.3) is 0 Å². The molecule has 0 spiro atoms. The number of hydrogen-bond acceptors (Lipinski definition) is 5. The molecule has 1 saturated heterocycles. The Kier molecular flexibility index (Phi) is 4.68. The molecule has 0 N–H and O–H groups in total. The first kappa shape index (κ1) is 15.0. The first-order chi connectivity index (χ1) is 10.8. The molecule has 5 nitrogen and oxygen atoms in total. The van der Waals surface area contributed by atoms with Crippen molar-refractivity contribution in [3.63, 3.8) is 0 Å². The van der Waals surface area contributed by atoms with Gasteiger partial charge in [0.1, 0.15) is 0 Å². The van der Waals surface area contributed by atoms with E-state index in [2.05, 4.69) is 20.6 Å². The molecule has 0 bridgehead atoms. The smallest absolute Gasteiger partial charge is 0.230 e. The number of nitrogens with zero attached hydrogens (tertiary/aromatic N) is 4. The molecule has 1 aromatic carbocycles. The molecule has 1 aliphatic rings. The molecule has 1 aliphatic heterocycles. The van der Waals surface area contributed by atoms with Crippen LogP contribution in [0.4, 0.5) is 5.82 Å². The summed E-state index contributed by atoms with van der Waals surface area (Å²) in [6.45, 7) is 5.22. The molecule has 0 saturated carbocycles. The standard InChI is InChI=1S/C16H20N4OS/c1-2-14(13-6-4-3-5-7-13)16(21)20-10-8-19(9-11-20)15-12-17-22-18-15/h3-7,12,14H,2,8-11H2,1H3/t14-/m1/s1. The van der Waals surface area contributed by atoms with Gasteiger partial charge in [0.2, 0.25) is 5.91 Å². The lowest BCUT2D eigenvalue weighted by Gasteiger charge is -2.36. The zero-order valence-corrected chi connectivity index (χ0v) is 13.5. The molecule has 2 aromatic rings. The van der Waals surface area contributed by atoms with Gasteiger partial charge in [0.05, 0.1) is 23.8 Å². The lowest BCUT2D eigenvalue weighted by atomic mass is 9.95. The van der Waals surface area contributed by atoms with E-state index < -0.39 is 0 Å². The van der Waals surface area contributed by atoms with Gasteiger partial charge in [-0.15, -0.1) is 0 Å². The van der Waals surface area contributed by atoms with E-state index in [1.54, 1.807) is 6.20 Å². The van der Waals surface area contributed by atoms with Crippen LogP contribution >= 0.6 is 11.7 Å². The Morgan fingerprint density at radius 3 is 2.55 bits per heavy atom. The first-order valence-electron chi connectivity index (χ1n) is 7.66. The van der Waals surface area contributed by atoms with Gasteiger partial charge in [-0.1, -0.05) is 37.3 Å². The van der Waals surface area contributed by atoms with Crippen LogP contribution in [-0.2, 0) is 4.79 Å². The maximum atomic E-state index is 12.8. The van der Waals surface area contributed by atoms with Gasteiger partial charge in [0, 0.05) is 26.2 Å². The van der Waals surface area contributed by atoms with Crippen molar-refractivity contribution >= 4 is 23.5 Å². The summed E-state index contributed by atoms with van der Waals surface area (Å²) >= 11 is 1.22.